The molecule has 1 rings (SSSR count). The third kappa shape index (κ3) is 4.70. The van der Waals surface area contributed by atoms with E-state index < -0.39 is 22.6 Å². The Balaban J connectivity index is 3.08. The molecule has 0 aliphatic heterocycles. The number of non-ortho nitro benzene ring substituents is 1. The minimum atomic E-state index is -1.04. The fourth-order valence-electron chi connectivity index (χ4n) is 2.48. The van der Waals surface area contributed by atoms with E-state index in [0.717, 1.165) is 0 Å². The summed E-state index contributed by atoms with van der Waals surface area (Å²) in [6.45, 7) is 5.62. The number of benzene rings is 1. The molecule has 122 valence electrons. The quantitative estimate of drug-likeness (QED) is 0.644. The number of methoxy groups -OCH3 is 1. The largest absolute Gasteiger partial charge is 0.465 e. The van der Waals surface area contributed by atoms with Crippen molar-refractivity contribution >= 4 is 11.8 Å². The molecule has 1 aromatic carbocycles. The summed E-state index contributed by atoms with van der Waals surface area (Å²) in [7, 11) is 1.50. The van der Waals surface area contributed by atoms with Gasteiger partial charge in [0.25, 0.3) is 5.69 Å². The van der Waals surface area contributed by atoms with Gasteiger partial charge in [0, 0.05) is 24.8 Å². The first kappa shape index (κ1) is 17.9. The lowest BCUT2D eigenvalue weighted by molar-refractivity contribution is -0.384. The van der Waals surface area contributed by atoms with Crippen LogP contribution in [0.3, 0.4) is 0 Å². The van der Waals surface area contributed by atoms with Gasteiger partial charge in [-0.15, -0.1) is 0 Å². The molecule has 7 heteroatoms. The normalized spacial score (nSPS) is 12.7. The van der Waals surface area contributed by atoms with E-state index in [1.807, 2.05) is 0 Å². The second-order valence-electron chi connectivity index (χ2n) is 6.06. The van der Waals surface area contributed by atoms with Crippen molar-refractivity contribution in [2.24, 2.45) is 0 Å². The standard InChI is InChI=1S/C15H22N2O5/c1-15(2,3)16(14(18)19)13(10-22-4)9-11-6-5-7-12(8-11)17(20)21/h5-8,13H,9-10H2,1-4H3,(H,18,19). The smallest absolute Gasteiger partial charge is 0.408 e. The van der Waals surface area contributed by atoms with Crippen LogP contribution in [0.4, 0.5) is 10.5 Å². The van der Waals surface area contributed by atoms with E-state index in [2.05, 4.69) is 0 Å². The number of hydrogen-bond acceptors (Lipinski definition) is 4. The molecule has 0 saturated carbocycles. The van der Waals surface area contributed by atoms with E-state index in [1.165, 1.54) is 24.1 Å². The van der Waals surface area contributed by atoms with Crippen LogP contribution in [0.5, 0.6) is 0 Å². The molecule has 7 nitrogen and oxygen atoms in total. The van der Waals surface area contributed by atoms with Crippen molar-refractivity contribution in [3.8, 4) is 0 Å². The SMILES string of the molecule is COCC(Cc1cccc([N+](=O)[O-])c1)N(C(=O)O)C(C)(C)C. The predicted octanol–water partition coefficient (Wildman–Crippen LogP) is 2.93. The van der Waals surface area contributed by atoms with Gasteiger partial charge in [0.2, 0.25) is 0 Å². The highest BCUT2D eigenvalue weighted by Crippen LogP contribution is 2.22. The maximum Gasteiger partial charge on any atom is 0.408 e. The summed E-state index contributed by atoms with van der Waals surface area (Å²) in [5.41, 5.74) is 0.0912. The minimum absolute atomic E-state index is 0.00806. The number of carboxylic acid groups (broad SMARTS) is 1. The summed E-state index contributed by atoms with van der Waals surface area (Å²) in [4.78, 5) is 23.3. The summed E-state index contributed by atoms with van der Waals surface area (Å²) < 4.78 is 5.14. The lowest BCUT2D eigenvalue weighted by Crippen LogP contribution is -2.53. The molecule has 1 aromatic rings. The molecule has 0 aromatic heterocycles. The third-order valence-electron chi connectivity index (χ3n) is 3.25. The van der Waals surface area contributed by atoms with Gasteiger partial charge in [-0.1, -0.05) is 12.1 Å². The van der Waals surface area contributed by atoms with E-state index in [9.17, 15) is 20.0 Å². The van der Waals surface area contributed by atoms with Gasteiger partial charge in [0.05, 0.1) is 17.6 Å². The van der Waals surface area contributed by atoms with Gasteiger partial charge < -0.3 is 9.84 Å². The van der Waals surface area contributed by atoms with Gasteiger partial charge in [0.15, 0.2) is 0 Å². The van der Waals surface area contributed by atoms with Gasteiger partial charge in [-0.25, -0.2) is 4.79 Å². The molecule has 1 N–H and O–H groups in total. The monoisotopic (exact) mass is 310 g/mol. The van der Waals surface area contributed by atoms with Crippen LogP contribution in [0.25, 0.3) is 0 Å². The first-order valence-corrected chi connectivity index (χ1v) is 6.91. The Morgan fingerprint density at radius 3 is 2.55 bits per heavy atom. The Hall–Kier alpha value is -2.15. The summed E-state index contributed by atoms with van der Waals surface area (Å²) in [6.07, 6.45) is -0.695. The number of hydrogen-bond donors (Lipinski definition) is 1. The van der Waals surface area contributed by atoms with Gasteiger partial charge in [-0.05, 0) is 32.8 Å². The van der Waals surface area contributed by atoms with Crippen LogP contribution in [0.2, 0.25) is 0 Å². The number of nitrogens with zero attached hydrogens (tertiary/aromatic N) is 2. The van der Waals surface area contributed by atoms with Crippen LogP contribution in [-0.4, -0.2) is 46.3 Å². The van der Waals surface area contributed by atoms with Crippen LogP contribution in [0.1, 0.15) is 26.3 Å². The molecule has 0 aliphatic rings. The minimum Gasteiger partial charge on any atom is -0.465 e. The van der Waals surface area contributed by atoms with Crippen LogP contribution < -0.4 is 0 Å². The molecule has 0 aliphatic carbocycles. The van der Waals surface area contributed by atoms with Gasteiger partial charge >= 0.3 is 6.09 Å². The van der Waals surface area contributed by atoms with Crippen molar-refractivity contribution in [3.63, 3.8) is 0 Å². The molecule has 22 heavy (non-hydrogen) atoms. The molecule has 0 radical (unpaired) electrons. The van der Waals surface area contributed by atoms with Crippen molar-refractivity contribution in [2.75, 3.05) is 13.7 Å². The fourth-order valence-corrected chi connectivity index (χ4v) is 2.48. The van der Waals surface area contributed by atoms with Gasteiger partial charge in [-0.2, -0.15) is 0 Å². The fraction of sp³-hybridized carbons (Fsp3) is 0.533. The van der Waals surface area contributed by atoms with E-state index in [1.54, 1.807) is 32.9 Å². The summed E-state index contributed by atoms with van der Waals surface area (Å²) >= 11 is 0. The van der Waals surface area contributed by atoms with E-state index >= 15 is 0 Å². The highest BCUT2D eigenvalue weighted by atomic mass is 16.6. The molecule has 0 fully saturated rings. The first-order valence-electron chi connectivity index (χ1n) is 6.91. The van der Waals surface area contributed by atoms with Crippen LogP contribution in [-0.2, 0) is 11.2 Å². The highest BCUT2D eigenvalue weighted by molar-refractivity contribution is 5.66. The molecule has 1 unspecified atom stereocenters. The van der Waals surface area contributed by atoms with Crippen LogP contribution in [0, 0.1) is 10.1 Å². The number of amides is 1. The topological polar surface area (TPSA) is 92.9 Å². The molecule has 0 heterocycles. The molecule has 1 atom stereocenters. The molecule has 0 saturated heterocycles. The molecular formula is C15H22N2O5. The Bertz CT molecular complexity index is 539. The zero-order chi connectivity index (χ0) is 16.9. The average molecular weight is 310 g/mol. The molecule has 0 spiro atoms. The number of nitro groups is 1. The summed E-state index contributed by atoms with van der Waals surface area (Å²) in [5, 5.41) is 20.3. The molecular weight excluding hydrogens is 288 g/mol. The number of nitro benzene ring substituents is 1. The van der Waals surface area contributed by atoms with Gasteiger partial charge in [-0.3, -0.25) is 15.0 Å². The molecule has 0 bridgehead atoms. The van der Waals surface area contributed by atoms with E-state index in [0.29, 0.717) is 12.0 Å². The number of carbonyl (C=O) groups is 1. The van der Waals surface area contributed by atoms with Gasteiger partial charge in [0.1, 0.15) is 0 Å². The Kier molecular flexibility index (Phi) is 5.87. The maximum absolute atomic E-state index is 11.6. The van der Waals surface area contributed by atoms with E-state index in [4.69, 9.17) is 4.74 Å². The third-order valence-corrected chi connectivity index (χ3v) is 3.25. The van der Waals surface area contributed by atoms with Crippen molar-refractivity contribution in [1.82, 2.24) is 4.90 Å². The first-order chi connectivity index (χ1) is 10.2. The van der Waals surface area contributed by atoms with Crippen LogP contribution >= 0.6 is 0 Å². The number of ether oxygens (including phenoxy) is 1. The zero-order valence-corrected chi connectivity index (χ0v) is 13.3. The summed E-state index contributed by atoms with van der Waals surface area (Å²) in [6, 6.07) is 5.79. The highest BCUT2D eigenvalue weighted by Gasteiger charge is 2.33. The predicted molar refractivity (Wildman–Crippen MR) is 82.1 cm³/mol. The summed E-state index contributed by atoms with van der Waals surface area (Å²) in [5.74, 6) is 0. The second-order valence-corrected chi connectivity index (χ2v) is 6.06. The lowest BCUT2D eigenvalue weighted by Gasteiger charge is -2.39. The number of rotatable bonds is 6. The average Bonchev–Trinajstić information content (AvgIpc) is 2.37. The van der Waals surface area contributed by atoms with Crippen molar-refractivity contribution in [3.05, 3.63) is 39.9 Å². The van der Waals surface area contributed by atoms with Crippen LogP contribution in [0.15, 0.2) is 24.3 Å². The Morgan fingerprint density at radius 2 is 2.09 bits per heavy atom. The maximum atomic E-state index is 11.6. The lowest BCUT2D eigenvalue weighted by atomic mass is 9.98. The van der Waals surface area contributed by atoms with Crippen molar-refractivity contribution < 1.29 is 19.6 Å². The van der Waals surface area contributed by atoms with Crippen molar-refractivity contribution in [1.29, 1.82) is 0 Å². The van der Waals surface area contributed by atoms with E-state index in [-0.39, 0.29) is 12.3 Å². The van der Waals surface area contributed by atoms with Crippen molar-refractivity contribution in [2.45, 2.75) is 38.8 Å². The second kappa shape index (κ2) is 7.22. The Morgan fingerprint density at radius 1 is 1.45 bits per heavy atom. The molecule has 1 amide bonds. The zero-order valence-electron chi connectivity index (χ0n) is 13.3. The Labute approximate surface area is 129 Å².